The third-order valence-electron chi connectivity index (χ3n) is 22.9. The normalized spacial score (nSPS) is 51.8. The molecule has 5 saturated heterocycles. The van der Waals surface area contributed by atoms with Crippen molar-refractivity contribution in [3.63, 3.8) is 0 Å². The highest BCUT2D eigenvalue weighted by Gasteiger charge is 2.71. The fraction of sp³-hybridized carbons (Fsp3) is 0.967. The van der Waals surface area contributed by atoms with E-state index in [1.807, 2.05) is 13.8 Å². The maximum absolute atomic E-state index is 12.8. The predicted molar refractivity (Wildman–Crippen MR) is 300 cm³/mol. The Labute approximate surface area is 517 Å². The SMILES string of the molecule is C[C@H](CC[C@@H](O[C@@H]1O[C@H](CO[C@H]2O[C@H](CO)[C@@H](O)[C@H](O)[C@H]2O)[C@@H](O)[C@H](O)[C@H]1O[C@@H]1O[C@H](CO)[C@@H](O)[C@H](O)[C@H]1O)C(C)(C)O)C1CC[C@@]2(C)C3CC=C4C(CC[C@H](O[C@@H]5O[C@H](CO)[C@@H](O[C@H]6O[C@H](CO)[C@@H](O)[C@H](O)[C@H]6O)[C@H](O)[C@H]5O)C4(C)C)[C@]3(C)[C@H](O)C[C@]12C. The van der Waals surface area contributed by atoms with Gasteiger partial charge in [-0.2, -0.15) is 0 Å². The number of rotatable bonds is 20. The molecule has 4 aliphatic carbocycles. The Morgan fingerprint density at radius 3 is 1.52 bits per heavy atom. The summed E-state index contributed by atoms with van der Waals surface area (Å²) in [7, 11) is 0. The van der Waals surface area contributed by atoms with Crippen LogP contribution in [0.25, 0.3) is 0 Å². The van der Waals surface area contributed by atoms with Crippen molar-refractivity contribution in [1.82, 2.24) is 0 Å². The van der Waals surface area contributed by atoms with E-state index in [-0.39, 0.29) is 35.5 Å². The van der Waals surface area contributed by atoms with Crippen molar-refractivity contribution < 1.29 is 144 Å². The second kappa shape index (κ2) is 27.6. The van der Waals surface area contributed by atoms with Gasteiger partial charge in [-0.05, 0) is 99.7 Å². The van der Waals surface area contributed by atoms with Crippen LogP contribution >= 0.6 is 0 Å². The molecule has 3 unspecified atom stereocenters. The van der Waals surface area contributed by atoms with Crippen LogP contribution in [0.3, 0.4) is 0 Å². The Balaban J connectivity index is 0.884. The van der Waals surface area contributed by atoms with Gasteiger partial charge < -0.3 is 144 Å². The van der Waals surface area contributed by atoms with Gasteiger partial charge in [-0.1, -0.05) is 53.2 Å². The molecule has 0 amide bonds. The summed E-state index contributed by atoms with van der Waals surface area (Å²) in [6, 6.07) is 0. The number of aliphatic hydroxyl groups is 19. The summed E-state index contributed by atoms with van der Waals surface area (Å²) in [6.07, 6.45) is -37.7. The molecular weight excluding hydrogens is 1180 g/mol. The molecule has 0 aromatic carbocycles. The molecule has 5 aliphatic heterocycles. The third-order valence-corrected chi connectivity index (χ3v) is 22.9. The van der Waals surface area contributed by atoms with Crippen molar-refractivity contribution in [2.24, 2.45) is 45.3 Å². The van der Waals surface area contributed by atoms with Crippen molar-refractivity contribution in [2.45, 2.75) is 284 Å². The second-order valence-corrected chi connectivity index (χ2v) is 28.7. The van der Waals surface area contributed by atoms with Gasteiger partial charge in [-0.25, -0.2) is 0 Å². The van der Waals surface area contributed by atoms with Crippen molar-refractivity contribution in [3.05, 3.63) is 11.6 Å². The first-order valence-electron chi connectivity index (χ1n) is 31.6. The van der Waals surface area contributed by atoms with Crippen LogP contribution in [0.5, 0.6) is 0 Å². The summed E-state index contributed by atoms with van der Waals surface area (Å²) in [5.74, 6) is -0.0172. The lowest BCUT2D eigenvalue weighted by Crippen LogP contribution is -2.66. The molecule has 9 rings (SSSR count). The Morgan fingerprint density at radius 2 is 0.978 bits per heavy atom. The number of fused-ring (bicyclic) bond motifs is 5. The lowest BCUT2D eigenvalue weighted by molar-refractivity contribution is -0.380. The van der Waals surface area contributed by atoms with Crippen molar-refractivity contribution in [2.75, 3.05) is 33.0 Å². The average Bonchev–Trinajstić information content (AvgIpc) is 1.66. The van der Waals surface area contributed by atoms with Gasteiger partial charge in [0.1, 0.15) is 122 Å². The topological polar surface area (TPSA) is 477 Å². The first-order chi connectivity index (χ1) is 41.7. The van der Waals surface area contributed by atoms with E-state index in [0.717, 1.165) is 18.4 Å². The van der Waals surface area contributed by atoms with Crippen LogP contribution in [0.1, 0.15) is 107 Å². The summed E-state index contributed by atoms with van der Waals surface area (Å²) in [5, 5.41) is 205. The maximum atomic E-state index is 12.8. The molecule has 29 heteroatoms. The van der Waals surface area contributed by atoms with Gasteiger partial charge in [0.05, 0.1) is 56.9 Å². The van der Waals surface area contributed by atoms with E-state index in [1.165, 1.54) is 13.8 Å². The lowest BCUT2D eigenvalue weighted by atomic mass is 9.38. The molecule has 0 aromatic heterocycles. The van der Waals surface area contributed by atoms with E-state index >= 15 is 0 Å². The predicted octanol–water partition coefficient (Wildman–Crippen LogP) is -5.41. The van der Waals surface area contributed by atoms with E-state index in [2.05, 4.69) is 33.8 Å². The molecular formula is C60H102O29. The third kappa shape index (κ3) is 13.0. The number of allylic oxidation sites excluding steroid dienone is 1. The highest BCUT2D eigenvalue weighted by atomic mass is 16.8. The van der Waals surface area contributed by atoms with Crippen LogP contribution < -0.4 is 0 Å². The summed E-state index contributed by atoms with van der Waals surface area (Å²) >= 11 is 0. The summed E-state index contributed by atoms with van der Waals surface area (Å²) in [4.78, 5) is 0. The number of hydrogen-bond acceptors (Lipinski definition) is 29. The van der Waals surface area contributed by atoms with Gasteiger partial charge in [-0.15, -0.1) is 0 Å². The molecule has 0 aromatic rings. The molecule has 8 fully saturated rings. The first kappa shape index (κ1) is 71.9. The fourth-order valence-electron chi connectivity index (χ4n) is 17.1. The van der Waals surface area contributed by atoms with Crippen molar-refractivity contribution >= 4 is 0 Å². The molecule has 5 heterocycles. The van der Waals surface area contributed by atoms with Crippen LogP contribution in [0.15, 0.2) is 11.6 Å². The van der Waals surface area contributed by atoms with Crippen molar-refractivity contribution in [3.8, 4) is 0 Å². The zero-order valence-corrected chi connectivity index (χ0v) is 51.8. The van der Waals surface area contributed by atoms with Crippen molar-refractivity contribution in [1.29, 1.82) is 0 Å². The molecule has 516 valence electrons. The highest BCUT2D eigenvalue weighted by molar-refractivity contribution is 5.32. The molecule has 35 atom stereocenters. The molecule has 19 N–H and O–H groups in total. The Kier molecular flexibility index (Phi) is 22.3. The van der Waals surface area contributed by atoms with Crippen LogP contribution in [0.2, 0.25) is 0 Å². The van der Waals surface area contributed by atoms with Gasteiger partial charge in [0.25, 0.3) is 0 Å². The van der Waals surface area contributed by atoms with Crippen LogP contribution in [0, 0.1) is 45.3 Å². The van der Waals surface area contributed by atoms with Gasteiger partial charge in [0.2, 0.25) is 0 Å². The molecule has 29 nitrogen and oxygen atoms in total. The fourth-order valence-corrected chi connectivity index (χ4v) is 17.1. The molecule has 89 heavy (non-hydrogen) atoms. The van der Waals surface area contributed by atoms with Gasteiger partial charge >= 0.3 is 0 Å². The largest absolute Gasteiger partial charge is 0.394 e. The van der Waals surface area contributed by atoms with Crippen LogP contribution in [-0.4, -0.2) is 308 Å². The van der Waals surface area contributed by atoms with E-state index in [4.69, 9.17) is 47.4 Å². The summed E-state index contributed by atoms with van der Waals surface area (Å²) in [6.45, 7) is 12.3. The first-order valence-corrected chi connectivity index (χ1v) is 31.6. The minimum atomic E-state index is -1.96. The average molecular weight is 1290 g/mol. The second-order valence-electron chi connectivity index (χ2n) is 28.7. The Morgan fingerprint density at radius 1 is 0.517 bits per heavy atom. The summed E-state index contributed by atoms with van der Waals surface area (Å²) in [5.41, 5.74) is -2.49. The molecule has 9 aliphatic rings. The standard InChI is InChI=1S/C60H102O29/c1-23(9-13-35(57(4,5)79)87-55-50(89-54-47(77)42(72)38(68)29(20-63)83-54)43(73)39(69)31(85-55)22-80-51-45(75)40(70)36(66)27(18-61)81-51)24-15-16-58(6)32-12-10-25-26(60(32,8)33(65)17-59(24,58)7)11-14-34(56(25,2)3)86-52-48(78)44(74)49(30(21-64)84-52)88-53-46(76)41(71)37(67)28(19-62)82-53/h10,23-24,26-55,61-79H,9,11-22H2,1-8H3/t23-,24?,26?,27-,28-,29-,30-,31-,32?,33-,34+,35-,36-,37-,38-,39-,40+,41+,42+,43+,44-,45-,46-,47-,48-,49-,50-,51+,52+,53-,54+,55+,58+,59-,60+/m1/s1. The monoisotopic (exact) mass is 1290 g/mol. The lowest BCUT2D eigenvalue weighted by Gasteiger charge is -2.67. The Bertz CT molecular complexity index is 2340. The summed E-state index contributed by atoms with van der Waals surface area (Å²) < 4.78 is 59.5. The smallest absolute Gasteiger partial charge is 0.187 e. The minimum absolute atomic E-state index is 0.0310. The number of hydrogen-bond donors (Lipinski definition) is 19. The quantitative estimate of drug-likeness (QED) is 0.0506. The maximum Gasteiger partial charge on any atom is 0.187 e. The zero-order valence-electron chi connectivity index (χ0n) is 51.8. The van der Waals surface area contributed by atoms with Crippen LogP contribution in [0.4, 0.5) is 0 Å². The van der Waals surface area contributed by atoms with E-state index in [9.17, 15) is 97.0 Å². The molecule has 0 spiro atoms. The Hall–Kier alpha value is -1.42. The highest BCUT2D eigenvalue weighted by Crippen LogP contribution is 2.75. The van der Waals surface area contributed by atoms with Gasteiger partial charge in [0.15, 0.2) is 31.5 Å². The van der Waals surface area contributed by atoms with Gasteiger partial charge in [-0.3, -0.25) is 0 Å². The van der Waals surface area contributed by atoms with E-state index in [0.29, 0.717) is 32.1 Å². The van der Waals surface area contributed by atoms with E-state index in [1.54, 1.807) is 0 Å². The number of aliphatic hydroxyl groups excluding tert-OH is 18. The van der Waals surface area contributed by atoms with Gasteiger partial charge in [0, 0.05) is 10.8 Å². The molecule has 0 radical (unpaired) electrons. The van der Waals surface area contributed by atoms with Crippen LogP contribution in [-0.2, 0) is 47.4 Å². The minimum Gasteiger partial charge on any atom is -0.394 e. The zero-order chi connectivity index (χ0) is 65.5. The number of ether oxygens (including phenoxy) is 10. The molecule has 0 bridgehead atoms. The van der Waals surface area contributed by atoms with E-state index < -0.39 is 227 Å². The molecule has 3 saturated carbocycles.